The number of aromatic hydroxyl groups is 1. The molecule has 0 spiro atoms. The summed E-state index contributed by atoms with van der Waals surface area (Å²) in [7, 11) is 3.66. The number of halogens is 2. The summed E-state index contributed by atoms with van der Waals surface area (Å²) in [6, 6.07) is 10.9. The zero-order valence-electron chi connectivity index (χ0n) is 21.0. The van der Waals surface area contributed by atoms with E-state index in [2.05, 4.69) is 4.98 Å². The molecule has 3 aromatic rings. The van der Waals surface area contributed by atoms with Crippen molar-refractivity contribution in [2.24, 2.45) is 0 Å². The van der Waals surface area contributed by atoms with Crippen molar-refractivity contribution in [1.82, 2.24) is 9.88 Å². The fourth-order valence-electron chi connectivity index (χ4n) is 4.48. The standard InChI is InChI=1S/C28H30ClFN4O3/c1-28(37)8-4-10-33(17-28)26-14-20(7-9-31-26)23-16-21(30)15-22(27(23)36)19-5-6-25(24(29)13-19)34(18-35)12-11-32(2)3/h5-7,9,11-16,18,36-37H,4,8,10,17H2,1-3H3/b12-11-. The molecule has 4 rings (SSSR count). The number of amides is 1. The molecule has 1 fully saturated rings. The maximum atomic E-state index is 14.8. The number of piperidine rings is 1. The van der Waals surface area contributed by atoms with Crippen LogP contribution in [-0.4, -0.2) is 59.3 Å². The minimum Gasteiger partial charge on any atom is -0.507 e. The predicted octanol–water partition coefficient (Wildman–Crippen LogP) is 5.26. The molecular formula is C28H30ClFN4O3. The lowest BCUT2D eigenvalue weighted by Crippen LogP contribution is -2.46. The number of carbonyl (C=O) groups is 1. The van der Waals surface area contributed by atoms with Gasteiger partial charge in [-0.1, -0.05) is 17.7 Å². The zero-order valence-corrected chi connectivity index (χ0v) is 21.8. The number of hydrogen-bond donors (Lipinski definition) is 2. The van der Waals surface area contributed by atoms with Gasteiger partial charge < -0.3 is 20.0 Å². The number of phenols is 1. The molecule has 194 valence electrons. The molecule has 0 radical (unpaired) electrons. The molecule has 2 N–H and O–H groups in total. The maximum absolute atomic E-state index is 14.8. The molecule has 1 aliphatic heterocycles. The molecule has 1 amide bonds. The first-order chi connectivity index (χ1) is 17.6. The average molecular weight is 525 g/mol. The SMILES string of the molecule is CN(C)/C=C\N(C=O)c1ccc(-c2cc(F)cc(-c3ccnc(N4CCCC(C)(O)C4)c3)c2O)cc1Cl. The Bertz CT molecular complexity index is 1330. The molecule has 37 heavy (non-hydrogen) atoms. The first-order valence-corrected chi connectivity index (χ1v) is 12.3. The van der Waals surface area contributed by atoms with Crippen molar-refractivity contribution in [3.8, 4) is 28.0 Å². The highest BCUT2D eigenvalue weighted by Crippen LogP contribution is 2.41. The lowest BCUT2D eigenvalue weighted by molar-refractivity contribution is -0.107. The number of anilines is 2. The van der Waals surface area contributed by atoms with E-state index in [-0.39, 0.29) is 16.3 Å². The van der Waals surface area contributed by atoms with E-state index in [4.69, 9.17) is 11.6 Å². The largest absolute Gasteiger partial charge is 0.507 e. The normalized spacial score (nSPS) is 17.7. The smallest absolute Gasteiger partial charge is 0.218 e. The molecule has 0 saturated carbocycles. The minimum atomic E-state index is -0.808. The van der Waals surface area contributed by atoms with Crippen LogP contribution < -0.4 is 9.80 Å². The number of aromatic nitrogens is 1. The van der Waals surface area contributed by atoms with E-state index in [1.807, 2.05) is 19.0 Å². The second kappa shape index (κ2) is 10.8. The molecule has 1 aliphatic rings. The molecule has 0 bridgehead atoms. The fourth-order valence-corrected chi connectivity index (χ4v) is 4.75. The molecule has 1 atom stereocenters. The summed E-state index contributed by atoms with van der Waals surface area (Å²) in [5, 5.41) is 21.9. The van der Waals surface area contributed by atoms with E-state index >= 15 is 0 Å². The molecule has 9 heteroatoms. The molecule has 7 nitrogen and oxygen atoms in total. The van der Waals surface area contributed by atoms with Crippen LogP contribution in [0, 0.1) is 5.82 Å². The predicted molar refractivity (Wildman–Crippen MR) is 145 cm³/mol. The Labute approximate surface area is 221 Å². The van der Waals surface area contributed by atoms with E-state index in [1.54, 1.807) is 60.8 Å². The summed E-state index contributed by atoms with van der Waals surface area (Å²) in [5.41, 5.74) is 1.31. The van der Waals surface area contributed by atoms with E-state index in [0.717, 1.165) is 19.4 Å². The van der Waals surface area contributed by atoms with Crippen molar-refractivity contribution >= 4 is 29.5 Å². The highest BCUT2D eigenvalue weighted by Gasteiger charge is 2.29. The summed E-state index contributed by atoms with van der Waals surface area (Å²) >= 11 is 6.49. The van der Waals surface area contributed by atoms with Crippen LogP contribution in [0.25, 0.3) is 22.3 Å². The molecule has 1 aromatic heterocycles. The zero-order chi connectivity index (χ0) is 26.7. The van der Waals surface area contributed by atoms with E-state index in [0.29, 0.717) is 41.2 Å². The topological polar surface area (TPSA) is 80.1 Å². The molecule has 2 aromatic carbocycles. The van der Waals surface area contributed by atoms with Gasteiger partial charge in [0.05, 0.1) is 16.3 Å². The van der Waals surface area contributed by atoms with Crippen LogP contribution in [0.5, 0.6) is 5.75 Å². The van der Waals surface area contributed by atoms with Gasteiger partial charge in [-0.15, -0.1) is 0 Å². The van der Waals surface area contributed by atoms with Gasteiger partial charge in [0.15, 0.2) is 0 Å². The molecular weight excluding hydrogens is 495 g/mol. The monoisotopic (exact) mass is 524 g/mol. The number of aliphatic hydroxyl groups is 1. The molecule has 2 heterocycles. The average Bonchev–Trinajstić information content (AvgIpc) is 2.85. The lowest BCUT2D eigenvalue weighted by atomic mass is 9.94. The Morgan fingerprint density at radius 2 is 1.81 bits per heavy atom. The van der Waals surface area contributed by atoms with Crippen molar-refractivity contribution in [1.29, 1.82) is 0 Å². The van der Waals surface area contributed by atoms with Gasteiger partial charge in [-0.3, -0.25) is 9.69 Å². The number of carbonyl (C=O) groups excluding carboxylic acids is 1. The highest BCUT2D eigenvalue weighted by molar-refractivity contribution is 6.34. The second-order valence-electron chi connectivity index (χ2n) is 9.71. The minimum absolute atomic E-state index is 0.104. The van der Waals surface area contributed by atoms with Gasteiger partial charge in [0, 0.05) is 56.9 Å². The van der Waals surface area contributed by atoms with Crippen LogP contribution in [0.15, 0.2) is 61.1 Å². The molecule has 0 aliphatic carbocycles. The maximum Gasteiger partial charge on any atom is 0.218 e. The summed E-state index contributed by atoms with van der Waals surface area (Å²) in [6.07, 6.45) is 7.08. The van der Waals surface area contributed by atoms with Crippen molar-refractivity contribution in [3.63, 3.8) is 0 Å². The second-order valence-corrected chi connectivity index (χ2v) is 10.1. The highest BCUT2D eigenvalue weighted by atomic mass is 35.5. The first kappa shape index (κ1) is 26.4. The van der Waals surface area contributed by atoms with E-state index in [1.165, 1.54) is 17.0 Å². The van der Waals surface area contributed by atoms with Gasteiger partial charge in [-0.2, -0.15) is 0 Å². The number of β-amino-alcohol motifs (C(OH)–C–C–N with tert-alkyl or cyclic N) is 1. The van der Waals surface area contributed by atoms with Crippen molar-refractivity contribution in [3.05, 3.63) is 71.9 Å². The van der Waals surface area contributed by atoms with Crippen LogP contribution in [0.4, 0.5) is 15.9 Å². The van der Waals surface area contributed by atoms with Gasteiger partial charge in [0.2, 0.25) is 6.41 Å². The van der Waals surface area contributed by atoms with Crippen molar-refractivity contribution in [2.45, 2.75) is 25.4 Å². The number of hydrogen-bond acceptors (Lipinski definition) is 6. The molecule has 1 saturated heterocycles. The van der Waals surface area contributed by atoms with Crippen molar-refractivity contribution < 1.29 is 19.4 Å². The number of pyridine rings is 1. The summed E-state index contributed by atoms with van der Waals surface area (Å²) in [6.45, 7) is 2.99. The third-order valence-electron chi connectivity index (χ3n) is 6.31. The van der Waals surface area contributed by atoms with Crippen LogP contribution in [0.3, 0.4) is 0 Å². The van der Waals surface area contributed by atoms with E-state index < -0.39 is 11.4 Å². The Morgan fingerprint density at radius 1 is 1.11 bits per heavy atom. The van der Waals surface area contributed by atoms with Gasteiger partial charge in [0.1, 0.15) is 17.4 Å². The number of phenolic OH excluding ortho intramolecular Hbond substituents is 1. The Hall–Kier alpha value is -3.62. The van der Waals surface area contributed by atoms with Crippen LogP contribution in [0.2, 0.25) is 5.02 Å². The molecule has 1 unspecified atom stereocenters. The Kier molecular flexibility index (Phi) is 7.71. The number of nitrogens with zero attached hydrogens (tertiary/aromatic N) is 4. The van der Waals surface area contributed by atoms with E-state index in [9.17, 15) is 19.4 Å². The summed E-state index contributed by atoms with van der Waals surface area (Å²) < 4.78 is 14.8. The third kappa shape index (κ3) is 6.03. The summed E-state index contributed by atoms with van der Waals surface area (Å²) in [4.78, 5) is 21.1. The van der Waals surface area contributed by atoms with Gasteiger partial charge in [0.25, 0.3) is 0 Å². The fraction of sp³-hybridized carbons (Fsp3) is 0.286. The Morgan fingerprint density at radius 3 is 2.43 bits per heavy atom. The van der Waals surface area contributed by atoms with Crippen molar-refractivity contribution in [2.75, 3.05) is 37.0 Å². The lowest BCUT2D eigenvalue weighted by Gasteiger charge is -2.37. The third-order valence-corrected chi connectivity index (χ3v) is 6.61. The quantitative estimate of drug-likeness (QED) is 0.410. The van der Waals surface area contributed by atoms with Crippen LogP contribution in [-0.2, 0) is 4.79 Å². The van der Waals surface area contributed by atoms with Gasteiger partial charge in [-0.05, 0) is 67.3 Å². The number of rotatable bonds is 7. The number of benzene rings is 2. The summed E-state index contributed by atoms with van der Waals surface area (Å²) in [5.74, 6) is 0.0215. The van der Waals surface area contributed by atoms with Crippen LogP contribution in [0.1, 0.15) is 19.8 Å². The Balaban J connectivity index is 1.70. The first-order valence-electron chi connectivity index (χ1n) is 11.9. The van der Waals surface area contributed by atoms with Crippen LogP contribution >= 0.6 is 11.6 Å². The van der Waals surface area contributed by atoms with Gasteiger partial charge in [-0.25, -0.2) is 9.37 Å². The van der Waals surface area contributed by atoms with Gasteiger partial charge >= 0.3 is 0 Å².